The van der Waals surface area contributed by atoms with Crippen molar-refractivity contribution in [3.63, 3.8) is 0 Å². The number of likely N-dealkylation sites (tertiary alicyclic amines) is 1. The molecule has 0 aromatic carbocycles. The van der Waals surface area contributed by atoms with Crippen LogP contribution in [0.2, 0.25) is 0 Å². The van der Waals surface area contributed by atoms with Gasteiger partial charge in [-0.3, -0.25) is 4.90 Å². The molecule has 0 aromatic heterocycles. The molecule has 1 amide bonds. The molecule has 1 rings (SSSR count). The molecule has 1 heterocycles. The number of ether oxygens (including phenoxy) is 1. The largest absolute Gasteiger partial charge is 0.444 e. The number of hydrogen-bond acceptors (Lipinski definition) is 4. The number of rotatable bonds is 1. The molecule has 1 aliphatic heterocycles. The van der Waals surface area contributed by atoms with Crippen molar-refractivity contribution in [3.05, 3.63) is 0 Å². The lowest BCUT2D eigenvalue weighted by molar-refractivity contribution is 0.0114. The third-order valence-electron chi connectivity index (χ3n) is 2.83. The number of nitrogens with zero attached hydrogens (tertiary/aromatic N) is 2. The molecule has 0 spiro atoms. The summed E-state index contributed by atoms with van der Waals surface area (Å²) in [5.41, 5.74) is -0.568. The molecule has 2 unspecified atom stereocenters. The number of amides is 1. The Bertz CT molecular complexity index is 330. The number of hydrogen-bond donors (Lipinski definition) is 1. The number of aliphatic hydroxyl groups is 1. The number of carbonyl (C=O) groups is 1. The van der Waals surface area contributed by atoms with E-state index in [2.05, 4.69) is 0 Å². The Balaban J connectivity index is 2.78. The van der Waals surface area contributed by atoms with Crippen molar-refractivity contribution in [2.45, 2.75) is 64.3 Å². The molecule has 0 radical (unpaired) electrons. The maximum Gasteiger partial charge on any atom is 0.410 e. The van der Waals surface area contributed by atoms with E-state index in [4.69, 9.17) is 10.00 Å². The highest BCUT2D eigenvalue weighted by Gasteiger charge is 2.42. The van der Waals surface area contributed by atoms with E-state index >= 15 is 0 Å². The van der Waals surface area contributed by atoms with Crippen LogP contribution in [-0.2, 0) is 4.74 Å². The summed E-state index contributed by atoms with van der Waals surface area (Å²) in [6.45, 7) is 7.15. The van der Waals surface area contributed by atoms with E-state index in [9.17, 15) is 9.90 Å². The van der Waals surface area contributed by atoms with Crippen LogP contribution in [0.4, 0.5) is 4.79 Å². The van der Waals surface area contributed by atoms with Gasteiger partial charge in [-0.15, -0.1) is 0 Å². The fraction of sp³-hybridized carbons (Fsp3) is 0.833. The molecular formula is C12H20N2O3. The fourth-order valence-electron chi connectivity index (χ4n) is 2.02. The van der Waals surface area contributed by atoms with Crippen molar-refractivity contribution in [2.75, 3.05) is 0 Å². The zero-order chi connectivity index (χ0) is 13.2. The second-order valence-corrected chi connectivity index (χ2v) is 5.45. The predicted molar refractivity (Wildman–Crippen MR) is 62.2 cm³/mol. The predicted octanol–water partition coefficient (Wildman–Crippen LogP) is 1.66. The quantitative estimate of drug-likeness (QED) is 0.756. The summed E-state index contributed by atoms with van der Waals surface area (Å²) in [6, 6.07) is 1.49. The van der Waals surface area contributed by atoms with Gasteiger partial charge in [-0.25, -0.2) is 4.79 Å². The van der Waals surface area contributed by atoms with Gasteiger partial charge in [0.1, 0.15) is 5.60 Å². The average Bonchev–Trinajstić information content (AvgIpc) is 2.40. The number of nitriles is 1. The van der Waals surface area contributed by atoms with Crippen LogP contribution in [0.3, 0.4) is 0 Å². The van der Waals surface area contributed by atoms with Gasteiger partial charge in [0.25, 0.3) is 0 Å². The molecule has 5 nitrogen and oxygen atoms in total. The van der Waals surface area contributed by atoms with Crippen LogP contribution in [0.25, 0.3) is 0 Å². The monoisotopic (exact) mass is 240 g/mol. The van der Waals surface area contributed by atoms with Gasteiger partial charge in [-0.1, -0.05) is 0 Å². The highest BCUT2D eigenvalue weighted by Crippen LogP contribution is 2.28. The molecule has 0 aromatic rings. The number of aliphatic hydroxyl groups excluding tert-OH is 1. The third kappa shape index (κ3) is 3.34. The van der Waals surface area contributed by atoms with Gasteiger partial charge in [0.15, 0.2) is 0 Å². The van der Waals surface area contributed by atoms with Gasteiger partial charge >= 0.3 is 6.09 Å². The van der Waals surface area contributed by atoms with Crippen LogP contribution in [-0.4, -0.2) is 39.9 Å². The number of carbonyl (C=O) groups excluding carboxylic acids is 1. The summed E-state index contributed by atoms with van der Waals surface area (Å²) in [4.78, 5) is 13.5. The maximum atomic E-state index is 12.0. The molecule has 1 aliphatic rings. The molecule has 0 bridgehead atoms. The molecular weight excluding hydrogens is 220 g/mol. The first-order valence-corrected chi connectivity index (χ1v) is 5.82. The van der Waals surface area contributed by atoms with Gasteiger partial charge < -0.3 is 9.84 Å². The van der Waals surface area contributed by atoms with Gasteiger partial charge in [-0.05, 0) is 34.1 Å². The summed E-state index contributed by atoms with van der Waals surface area (Å²) in [5.74, 6) is 0. The van der Waals surface area contributed by atoms with Crippen molar-refractivity contribution in [3.8, 4) is 6.07 Å². The minimum Gasteiger partial charge on any atom is -0.444 e. The molecule has 3 atom stereocenters. The molecule has 1 N–H and O–H groups in total. The van der Waals surface area contributed by atoms with Gasteiger partial charge in [0, 0.05) is 0 Å². The van der Waals surface area contributed by atoms with E-state index in [1.807, 2.05) is 6.07 Å². The smallest absolute Gasteiger partial charge is 0.410 e. The van der Waals surface area contributed by atoms with Crippen LogP contribution >= 0.6 is 0 Å². The van der Waals surface area contributed by atoms with Crippen molar-refractivity contribution < 1.29 is 14.6 Å². The van der Waals surface area contributed by atoms with E-state index in [1.165, 1.54) is 4.90 Å². The Morgan fingerprint density at radius 2 is 2.18 bits per heavy atom. The summed E-state index contributed by atoms with van der Waals surface area (Å²) in [7, 11) is 0. The third-order valence-corrected chi connectivity index (χ3v) is 2.83. The van der Waals surface area contributed by atoms with E-state index < -0.39 is 17.8 Å². The normalized spacial score (nSPS) is 28.9. The standard InChI is InChI=1S/C12H20N2O3/c1-8-10(15)7-9(5-6-13)14(8)11(16)17-12(2,3)4/h8-10,15H,5,7H2,1-4H3/t8-,9?,10?/m1/s1. The lowest BCUT2D eigenvalue weighted by Crippen LogP contribution is -2.44. The first-order valence-electron chi connectivity index (χ1n) is 5.82. The van der Waals surface area contributed by atoms with Crippen molar-refractivity contribution in [1.29, 1.82) is 5.26 Å². The first kappa shape index (κ1) is 13.8. The molecule has 96 valence electrons. The molecule has 5 heteroatoms. The lowest BCUT2D eigenvalue weighted by atomic mass is 10.1. The fourth-order valence-corrected chi connectivity index (χ4v) is 2.02. The van der Waals surface area contributed by atoms with Crippen LogP contribution < -0.4 is 0 Å². The van der Waals surface area contributed by atoms with Crippen molar-refractivity contribution in [2.24, 2.45) is 0 Å². The summed E-state index contributed by atoms with van der Waals surface area (Å²) in [5, 5.41) is 18.5. The molecule has 1 fully saturated rings. The lowest BCUT2D eigenvalue weighted by Gasteiger charge is -2.30. The van der Waals surface area contributed by atoms with E-state index in [1.54, 1.807) is 27.7 Å². The summed E-state index contributed by atoms with van der Waals surface area (Å²) >= 11 is 0. The minimum atomic E-state index is -0.583. The Kier molecular flexibility index (Phi) is 3.99. The van der Waals surface area contributed by atoms with Crippen LogP contribution in [0.15, 0.2) is 0 Å². The Labute approximate surface area is 102 Å². The van der Waals surface area contributed by atoms with Crippen molar-refractivity contribution >= 4 is 6.09 Å². The summed E-state index contributed by atoms with van der Waals surface area (Å²) in [6.07, 6.45) is -0.378. The SMILES string of the molecule is C[C@@H]1C(O)CC(CC#N)N1C(=O)OC(C)(C)C. The first-order chi connectivity index (χ1) is 7.76. The second kappa shape index (κ2) is 4.92. The molecule has 17 heavy (non-hydrogen) atoms. The second-order valence-electron chi connectivity index (χ2n) is 5.45. The summed E-state index contributed by atoms with van der Waals surface area (Å²) < 4.78 is 5.28. The molecule has 0 aliphatic carbocycles. The van der Waals surface area contributed by atoms with Gasteiger partial charge in [0.05, 0.1) is 30.7 Å². The van der Waals surface area contributed by atoms with Crippen LogP contribution in [0.1, 0.15) is 40.5 Å². The van der Waals surface area contributed by atoms with Crippen molar-refractivity contribution in [1.82, 2.24) is 4.90 Å². The van der Waals surface area contributed by atoms with E-state index in [0.717, 1.165) is 0 Å². The Morgan fingerprint density at radius 3 is 2.65 bits per heavy atom. The van der Waals surface area contributed by atoms with Gasteiger partial charge in [0.2, 0.25) is 0 Å². The van der Waals surface area contributed by atoms with E-state index in [-0.39, 0.29) is 18.5 Å². The highest BCUT2D eigenvalue weighted by molar-refractivity contribution is 5.69. The van der Waals surface area contributed by atoms with E-state index in [0.29, 0.717) is 6.42 Å². The zero-order valence-electron chi connectivity index (χ0n) is 10.8. The van der Waals surface area contributed by atoms with Crippen LogP contribution in [0, 0.1) is 11.3 Å². The molecule has 0 saturated carbocycles. The Hall–Kier alpha value is -1.28. The van der Waals surface area contributed by atoms with Crippen LogP contribution in [0.5, 0.6) is 0 Å². The molecule has 1 saturated heterocycles. The maximum absolute atomic E-state index is 12.0. The topological polar surface area (TPSA) is 73.6 Å². The minimum absolute atomic E-state index is 0.223. The highest BCUT2D eigenvalue weighted by atomic mass is 16.6. The van der Waals surface area contributed by atoms with Gasteiger partial charge in [-0.2, -0.15) is 5.26 Å². The Morgan fingerprint density at radius 1 is 1.59 bits per heavy atom. The zero-order valence-corrected chi connectivity index (χ0v) is 10.8. The average molecular weight is 240 g/mol.